The van der Waals surface area contributed by atoms with Crippen LogP contribution in [0.4, 0.5) is 5.82 Å². The summed E-state index contributed by atoms with van der Waals surface area (Å²) >= 11 is 12.8. The van der Waals surface area contributed by atoms with Crippen LogP contribution in [0.25, 0.3) is 28.2 Å². The molecule has 1 amide bonds. The van der Waals surface area contributed by atoms with E-state index in [9.17, 15) is 9.59 Å². The normalized spacial score (nSPS) is 14.7. The molecule has 0 unspecified atom stereocenters. The zero-order valence-corrected chi connectivity index (χ0v) is 24.6. The molecule has 12 heteroatoms. The molecule has 1 fully saturated rings. The summed E-state index contributed by atoms with van der Waals surface area (Å²) in [5.41, 5.74) is 2.06. The van der Waals surface area contributed by atoms with Crippen LogP contribution in [0.5, 0.6) is 0 Å². The molecule has 0 radical (unpaired) electrons. The smallest absolute Gasteiger partial charge is 0.325 e. The third-order valence-corrected chi connectivity index (χ3v) is 7.87. The molecule has 2 N–H and O–H groups in total. The van der Waals surface area contributed by atoms with Crippen LogP contribution in [-0.4, -0.2) is 70.2 Å². The first-order valence-electron chi connectivity index (χ1n) is 13.4. The van der Waals surface area contributed by atoms with Crippen LogP contribution in [0.2, 0.25) is 10.0 Å². The van der Waals surface area contributed by atoms with Crippen LogP contribution in [0.1, 0.15) is 25.6 Å². The van der Waals surface area contributed by atoms with Gasteiger partial charge in [-0.2, -0.15) is 0 Å². The van der Waals surface area contributed by atoms with E-state index in [1.807, 2.05) is 66.9 Å². The third-order valence-electron chi connectivity index (χ3n) is 7.29. The Kier molecular flexibility index (Phi) is 8.44. The number of aryl methyl sites for hydroxylation is 1. The van der Waals surface area contributed by atoms with E-state index in [1.54, 1.807) is 0 Å². The number of nitrogens with one attached hydrogen (secondary N) is 2. The van der Waals surface area contributed by atoms with Crippen molar-refractivity contribution in [3.63, 3.8) is 0 Å². The number of halogens is 2. The quantitative estimate of drug-likeness (QED) is 0.289. The second-order valence-electron chi connectivity index (χ2n) is 9.85. The number of hydrogen-bond donors (Lipinski definition) is 2. The average Bonchev–Trinajstić information content (AvgIpc) is 3.35. The first-order chi connectivity index (χ1) is 19.8. The number of methoxy groups -OCH3 is 1. The zero-order valence-electron chi connectivity index (χ0n) is 23.1. The SMILES string of the molecule is CCNC1(C(=O)NCC(=O)OC)CCN(c2nc(C)nc3c2nc(-c2ccccc2Cl)n3-c2ccc(Cl)cc2)CC1. The molecule has 0 atom stereocenters. The Balaban J connectivity index is 1.55. The molecule has 2 aromatic heterocycles. The van der Waals surface area contributed by atoms with Crippen LogP contribution in [0, 0.1) is 6.92 Å². The lowest BCUT2D eigenvalue weighted by Crippen LogP contribution is -2.62. The highest BCUT2D eigenvalue weighted by Crippen LogP contribution is 2.36. The fraction of sp³-hybridized carbons (Fsp3) is 0.345. The summed E-state index contributed by atoms with van der Waals surface area (Å²) in [6.45, 7) is 5.32. The van der Waals surface area contributed by atoms with Gasteiger partial charge in [0.1, 0.15) is 23.7 Å². The molecule has 1 aliphatic rings. The van der Waals surface area contributed by atoms with Crippen LogP contribution in [0.15, 0.2) is 48.5 Å². The Labute approximate surface area is 248 Å². The summed E-state index contributed by atoms with van der Waals surface area (Å²) in [5.74, 6) is 1.20. The molecule has 10 nitrogen and oxygen atoms in total. The molecule has 1 saturated heterocycles. The van der Waals surface area contributed by atoms with Crippen LogP contribution < -0.4 is 15.5 Å². The van der Waals surface area contributed by atoms with Crippen molar-refractivity contribution in [3.8, 4) is 17.1 Å². The van der Waals surface area contributed by atoms with E-state index in [0.717, 1.165) is 11.3 Å². The Morgan fingerprint density at radius 3 is 2.39 bits per heavy atom. The Bertz CT molecular complexity index is 1580. The van der Waals surface area contributed by atoms with Gasteiger partial charge in [-0.1, -0.05) is 42.3 Å². The minimum absolute atomic E-state index is 0.176. The van der Waals surface area contributed by atoms with Crippen LogP contribution in [-0.2, 0) is 14.3 Å². The van der Waals surface area contributed by atoms with Crippen molar-refractivity contribution in [1.29, 1.82) is 0 Å². The molecule has 41 heavy (non-hydrogen) atoms. The first-order valence-corrected chi connectivity index (χ1v) is 14.1. The zero-order chi connectivity index (χ0) is 29.1. The second kappa shape index (κ2) is 12.0. The number of esters is 1. The lowest BCUT2D eigenvalue weighted by atomic mass is 9.86. The molecule has 4 aromatic rings. The second-order valence-corrected chi connectivity index (χ2v) is 10.7. The number of rotatable bonds is 8. The first kappa shape index (κ1) is 28.8. The number of likely N-dealkylation sites (N-methyl/N-ethyl adjacent to an activating group) is 1. The van der Waals surface area contributed by atoms with Gasteiger partial charge in [0.15, 0.2) is 17.0 Å². The number of amides is 1. The van der Waals surface area contributed by atoms with Crippen molar-refractivity contribution >= 4 is 52.1 Å². The van der Waals surface area contributed by atoms with Gasteiger partial charge >= 0.3 is 5.97 Å². The standard InChI is InChI=1S/C29H31Cl2N7O3/c1-4-33-29(28(40)32-17-23(39)41-3)13-15-37(16-14-29)26-24-27(35-18(2)34-26)38(20-11-9-19(30)10-12-20)25(36-24)21-7-5-6-8-22(21)31/h5-12,33H,4,13-17H2,1-3H3,(H,32,40). The lowest BCUT2D eigenvalue weighted by Gasteiger charge is -2.41. The van der Waals surface area contributed by atoms with Crippen molar-refractivity contribution in [2.45, 2.75) is 32.2 Å². The third kappa shape index (κ3) is 5.72. The van der Waals surface area contributed by atoms with Gasteiger partial charge in [-0.3, -0.25) is 14.2 Å². The molecule has 0 spiro atoms. The number of carbonyl (C=O) groups excluding carboxylic acids is 2. The summed E-state index contributed by atoms with van der Waals surface area (Å²) in [4.78, 5) is 41.6. The number of fused-ring (bicyclic) bond motifs is 1. The predicted molar refractivity (Wildman–Crippen MR) is 160 cm³/mol. The van der Waals surface area contributed by atoms with Crippen molar-refractivity contribution in [1.82, 2.24) is 30.2 Å². The topological polar surface area (TPSA) is 114 Å². The van der Waals surface area contributed by atoms with Crippen molar-refractivity contribution in [2.24, 2.45) is 0 Å². The van der Waals surface area contributed by atoms with E-state index < -0.39 is 11.5 Å². The van der Waals surface area contributed by atoms with Crippen molar-refractivity contribution in [2.75, 3.05) is 38.2 Å². The van der Waals surface area contributed by atoms with Gasteiger partial charge in [0.05, 0.1) is 12.1 Å². The van der Waals surface area contributed by atoms with Gasteiger partial charge in [0.2, 0.25) is 5.91 Å². The van der Waals surface area contributed by atoms with Gasteiger partial charge in [-0.15, -0.1) is 0 Å². The van der Waals surface area contributed by atoms with Gasteiger partial charge in [0, 0.05) is 29.4 Å². The number of carbonyl (C=O) groups is 2. The fourth-order valence-electron chi connectivity index (χ4n) is 5.24. The molecule has 5 rings (SSSR count). The summed E-state index contributed by atoms with van der Waals surface area (Å²) in [6.07, 6.45) is 1.02. The van der Waals surface area contributed by atoms with E-state index in [4.69, 9.17) is 38.2 Å². The molecular formula is C29H31Cl2N7O3. The van der Waals surface area contributed by atoms with E-state index in [1.165, 1.54) is 7.11 Å². The summed E-state index contributed by atoms with van der Waals surface area (Å²) in [6, 6.07) is 15.0. The number of benzene rings is 2. The molecular weight excluding hydrogens is 565 g/mol. The molecule has 0 aliphatic carbocycles. The Morgan fingerprint density at radius 2 is 1.73 bits per heavy atom. The molecule has 214 valence electrons. The molecule has 1 aliphatic heterocycles. The number of ether oxygens (including phenoxy) is 1. The summed E-state index contributed by atoms with van der Waals surface area (Å²) in [7, 11) is 1.29. The maximum atomic E-state index is 13.2. The van der Waals surface area contributed by atoms with Gasteiger partial charge in [-0.25, -0.2) is 15.0 Å². The Morgan fingerprint density at radius 1 is 1.02 bits per heavy atom. The largest absolute Gasteiger partial charge is 0.468 e. The van der Waals surface area contributed by atoms with E-state index in [0.29, 0.717) is 71.2 Å². The highest BCUT2D eigenvalue weighted by molar-refractivity contribution is 6.33. The number of nitrogens with zero attached hydrogens (tertiary/aromatic N) is 5. The highest BCUT2D eigenvalue weighted by Gasteiger charge is 2.41. The maximum absolute atomic E-state index is 13.2. The maximum Gasteiger partial charge on any atom is 0.325 e. The highest BCUT2D eigenvalue weighted by atomic mass is 35.5. The van der Waals surface area contributed by atoms with Crippen LogP contribution in [0.3, 0.4) is 0 Å². The minimum Gasteiger partial charge on any atom is -0.468 e. The number of anilines is 1. The number of piperidine rings is 1. The van der Waals surface area contributed by atoms with Crippen molar-refractivity contribution < 1.29 is 14.3 Å². The number of hydrogen-bond acceptors (Lipinski definition) is 8. The predicted octanol–water partition coefficient (Wildman–Crippen LogP) is 4.34. The number of aromatic nitrogens is 4. The summed E-state index contributed by atoms with van der Waals surface area (Å²) < 4.78 is 6.65. The van der Waals surface area contributed by atoms with Gasteiger partial charge in [0.25, 0.3) is 0 Å². The molecule has 2 aromatic carbocycles. The molecule has 0 saturated carbocycles. The van der Waals surface area contributed by atoms with E-state index >= 15 is 0 Å². The molecule has 0 bridgehead atoms. The van der Waals surface area contributed by atoms with E-state index in [-0.39, 0.29) is 12.5 Å². The monoisotopic (exact) mass is 595 g/mol. The molecule has 3 heterocycles. The Hall–Kier alpha value is -3.73. The van der Waals surface area contributed by atoms with Gasteiger partial charge in [-0.05, 0) is 62.7 Å². The summed E-state index contributed by atoms with van der Waals surface area (Å²) in [5, 5.41) is 7.27. The van der Waals surface area contributed by atoms with Crippen molar-refractivity contribution in [3.05, 3.63) is 64.4 Å². The average molecular weight is 597 g/mol. The number of imidazole rings is 1. The van der Waals surface area contributed by atoms with Crippen LogP contribution >= 0.6 is 23.2 Å². The van der Waals surface area contributed by atoms with E-state index in [2.05, 4.69) is 20.3 Å². The fourth-order valence-corrected chi connectivity index (χ4v) is 5.59. The lowest BCUT2D eigenvalue weighted by molar-refractivity contribution is -0.142. The van der Waals surface area contributed by atoms with Gasteiger partial charge < -0.3 is 20.3 Å². The minimum atomic E-state index is -0.814.